The number of aliphatic hydroxyl groups excluding tert-OH is 1. The second kappa shape index (κ2) is 39.7. The second-order valence-corrected chi connectivity index (χ2v) is 28.1. The number of hydrogen-bond acceptors (Lipinski definition) is 15. The lowest BCUT2D eigenvalue weighted by atomic mass is 9.91. The van der Waals surface area contributed by atoms with Crippen molar-refractivity contribution in [2.24, 2.45) is 35.5 Å². The summed E-state index contributed by atoms with van der Waals surface area (Å²) in [6, 6.07) is -12.8. The van der Waals surface area contributed by atoms with Gasteiger partial charge in [0.1, 0.15) is 60.4 Å². The monoisotopic (exact) mass is 1330 g/mol. The molecule has 0 aliphatic carbocycles. The molecular weight excluding hydrogens is 1210 g/mol. The van der Waals surface area contributed by atoms with Gasteiger partial charge in [-0.25, -0.2) is 0 Å². The molecule has 13 atom stereocenters. The predicted molar refractivity (Wildman–Crippen MR) is 361 cm³/mol. The van der Waals surface area contributed by atoms with Gasteiger partial charge in [0.2, 0.25) is 65.0 Å². The summed E-state index contributed by atoms with van der Waals surface area (Å²) in [7, 11) is 9.87. The van der Waals surface area contributed by atoms with Gasteiger partial charge in [0.05, 0.1) is 32.0 Å². The fourth-order valence-electron chi connectivity index (χ4n) is 12.1. The molecule has 5 N–H and O–H groups in total. The number of allylic oxidation sites excluding steroid dienone is 2. The molecule has 26 nitrogen and oxygen atoms in total. The Balaban J connectivity index is 2.97. The fourth-order valence-corrected chi connectivity index (χ4v) is 12.1. The first-order valence-electron chi connectivity index (χ1n) is 34.1. The standard InChI is InChI=1S/C68H122N12O14/c1-24-26-29-45(13)58(82)57-62(86)71-49(25-2)64(88)73(17)39-53(81)77(21)56(48(16)94-33-28-27-30-80-31-34-93-35-32-80)61(85)72-54(43(9)10)67(91)74(18)50(36-40(3)4)60(84)69-46(14)59(83)70-47(15)63(87)75(19)51(37-41(5)6)65(89)76(20)52(38-42(7)8)66(90)78(22)55(44(11)12)68(92)79(57)23/h24,26,40-52,54-58,82H,25,27-39H2,1-23H3,(H,69,84)(H,70,83)(H,71,86)(H,72,85)/b26-24+/t45-,46+,47-,48-,49+,50+,51+,52-,54+,55+,56+,57+,58-/m1/s1. The number of nitrogens with zero attached hydrogens (tertiary/aromatic N) is 8. The minimum absolute atomic E-state index is 0.00187. The van der Waals surface area contributed by atoms with Crippen molar-refractivity contribution in [2.45, 2.75) is 228 Å². The number of morpholine rings is 1. The molecule has 0 aromatic carbocycles. The first-order valence-corrected chi connectivity index (χ1v) is 34.1. The van der Waals surface area contributed by atoms with Gasteiger partial charge in [0, 0.05) is 69.0 Å². The summed E-state index contributed by atoms with van der Waals surface area (Å²) in [5.74, 6) is -10.0. The second-order valence-electron chi connectivity index (χ2n) is 28.1. The van der Waals surface area contributed by atoms with Crippen LogP contribution in [0.5, 0.6) is 0 Å². The Morgan fingerprint density at radius 2 is 1.02 bits per heavy atom. The smallest absolute Gasteiger partial charge is 0.246 e. The third-order valence-corrected chi connectivity index (χ3v) is 18.1. The van der Waals surface area contributed by atoms with Gasteiger partial charge in [-0.15, -0.1) is 0 Å². The maximum absolute atomic E-state index is 15.2. The third kappa shape index (κ3) is 24.1. The Bertz CT molecular complexity index is 2540. The van der Waals surface area contributed by atoms with E-state index in [1.54, 1.807) is 67.5 Å². The minimum Gasteiger partial charge on any atom is -0.390 e. The average Bonchev–Trinajstić information content (AvgIpc) is 0.810. The highest BCUT2D eigenvalue weighted by Gasteiger charge is 2.46. The van der Waals surface area contributed by atoms with Crippen molar-refractivity contribution in [3.8, 4) is 0 Å². The van der Waals surface area contributed by atoms with E-state index < -0.39 is 162 Å². The van der Waals surface area contributed by atoms with Crippen molar-refractivity contribution < 1.29 is 67.3 Å². The molecule has 2 saturated heterocycles. The Morgan fingerprint density at radius 3 is 1.53 bits per heavy atom. The van der Waals surface area contributed by atoms with Gasteiger partial charge in [-0.1, -0.05) is 95.2 Å². The number of likely N-dealkylation sites (N-methyl/N-ethyl adjacent to an activating group) is 7. The summed E-state index contributed by atoms with van der Waals surface area (Å²) in [4.78, 5) is 173. The van der Waals surface area contributed by atoms with E-state index in [1.807, 2.05) is 41.5 Å². The first kappa shape index (κ1) is 83.8. The summed E-state index contributed by atoms with van der Waals surface area (Å²) in [5.41, 5.74) is 0. The molecule has 0 saturated carbocycles. The topological polar surface area (TPSA) is 300 Å². The number of hydrogen-bond donors (Lipinski definition) is 5. The van der Waals surface area contributed by atoms with Crippen LogP contribution in [0.25, 0.3) is 0 Å². The van der Waals surface area contributed by atoms with Crippen molar-refractivity contribution in [3.63, 3.8) is 0 Å². The van der Waals surface area contributed by atoms with Gasteiger partial charge in [-0.2, -0.15) is 0 Å². The molecule has 0 bridgehead atoms. The number of unbranched alkanes of at least 4 members (excludes halogenated alkanes) is 1. The molecule has 2 fully saturated rings. The summed E-state index contributed by atoms with van der Waals surface area (Å²) < 4.78 is 11.8. The molecule has 0 radical (unpaired) electrons. The first-order chi connectivity index (χ1) is 43.8. The highest BCUT2D eigenvalue weighted by atomic mass is 16.5. The number of aliphatic hydroxyl groups is 1. The van der Waals surface area contributed by atoms with E-state index in [2.05, 4.69) is 26.2 Å². The molecule has 2 rings (SSSR count). The Morgan fingerprint density at radius 1 is 0.532 bits per heavy atom. The number of nitrogens with one attached hydrogen (secondary N) is 4. The largest absolute Gasteiger partial charge is 0.390 e. The van der Waals surface area contributed by atoms with Gasteiger partial charge >= 0.3 is 0 Å². The van der Waals surface area contributed by atoms with Gasteiger partial charge < -0.3 is 70.1 Å². The highest BCUT2D eigenvalue weighted by molar-refractivity contribution is 5.99. The van der Waals surface area contributed by atoms with Gasteiger partial charge in [-0.3, -0.25) is 57.6 Å². The molecule has 2 heterocycles. The predicted octanol–water partition coefficient (Wildman–Crippen LogP) is 2.74. The molecule has 94 heavy (non-hydrogen) atoms. The molecule has 11 amide bonds. The van der Waals surface area contributed by atoms with Crippen LogP contribution in [0.1, 0.15) is 156 Å². The van der Waals surface area contributed by atoms with E-state index in [1.165, 1.54) is 82.8 Å². The molecule has 538 valence electrons. The van der Waals surface area contributed by atoms with Crippen LogP contribution < -0.4 is 21.3 Å². The van der Waals surface area contributed by atoms with E-state index in [0.29, 0.717) is 26.1 Å². The van der Waals surface area contributed by atoms with Crippen molar-refractivity contribution in [1.82, 2.24) is 60.5 Å². The number of carbonyl (C=O) groups is 11. The molecular formula is C68H122N12O14. The van der Waals surface area contributed by atoms with E-state index in [9.17, 15) is 43.5 Å². The zero-order valence-electron chi connectivity index (χ0n) is 61.3. The molecule has 2 aliphatic heterocycles. The molecule has 2 aliphatic rings. The zero-order valence-corrected chi connectivity index (χ0v) is 61.3. The van der Waals surface area contributed by atoms with E-state index in [0.717, 1.165) is 40.8 Å². The highest BCUT2D eigenvalue weighted by Crippen LogP contribution is 2.26. The lowest BCUT2D eigenvalue weighted by Gasteiger charge is -2.41. The van der Waals surface area contributed by atoms with Crippen molar-refractivity contribution in [1.29, 1.82) is 0 Å². The lowest BCUT2D eigenvalue weighted by molar-refractivity contribution is -0.157. The molecule has 0 unspecified atom stereocenters. The van der Waals surface area contributed by atoms with E-state index >= 15 is 14.4 Å². The van der Waals surface area contributed by atoms with Crippen LogP contribution in [0.15, 0.2) is 12.2 Å². The van der Waals surface area contributed by atoms with Crippen LogP contribution in [0.3, 0.4) is 0 Å². The van der Waals surface area contributed by atoms with Crippen LogP contribution in [0.2, 0.25) is 0 Å². The van der Waals surface area contributed by atoms with Crippen LogP contribution in [-0.4, -0.2) is 277 Å². The van der Waals surface area contributed by atoms with Crippen molar-refractivity contribution in [2.75, 3.05) is 95.3 Å². The van der Waals surface area contributed by atoms with E-state index in [4.69, 9.17) is 9.47 Å². The van der Waals surface area contributed by atoms with Gasteiger partial charge in [0.15, 0.2) is 0 Å². The molecule has 26 heteroatoms. The van der Waals surface area contributed by atoms with Crippen LogP contribution in [0.4, 0.5) is 0 Å². The molecule has 0 spiro atoms. The van der Waals surface area contributed by atoms with Gasteiger partial charge in [0.25, 0.3) is 0 Å². The average molecular weight is 1330 g/mol. The van der Waals surface area contributed by atoms with Crippen LogP contribution in [-0.2, 0) is 62.2 Å². The summed E-state index contributed by atoms with van der Waals surface area (Å²) in [5, 5.41) is 23.2. The number of ether oxygens (including phenoxy) is 2. The Labute approximate surface area is 562 Å². The molecule has 0 aromatic heterocycles. The lowest BCUT2D eigenvalue weighted by Crippen LogP contribution is -2.63. The normalized spacial score (nSPS) is 26.9. The van der Waals surface area contributed by atoms with Crippen molar-refractivity contribution >= 4 is 65.0 Å². The minimum atomic E-state index is -1.63. The Hall–Kier alpha value is -6.25. The van der Waals surface area contributed by atoms with E-state index in [-0.39, 0.29) is 50.0 Å². The number of rotatable bonds is 20. The SMILES string of the molecule is C/C=C/C[C@@H](C)[C@@H](O)[C@H]1C(=O)N[C@@H](CC)C(=O)N(C)CC(=O)N(C)[C@@H]([C@@H](C)OCCCCN2CCOCC2)C(=O)N[C@@H](C(C)C)C(=O)N(C)[C@@H](CC(C)C)C(=O)N[C@@H](C)C(=O)N[C@H](C)C(=O)N(C)[C@@H](CC(C)C)C(=O)N(C)[C@H](CC(C)C)C(=O)N(C)[C@@H](C(C)C)C(=O)N1C. The fraction of sp³-hybridized carbons (Fsp3) is 0.809. The summed E-state index contributed by atoms with van der Waals surface area (Å²) in [6.07, 6.45) is 3.21. The van der Waals surface area contributed by atoms with Crippen molar-refractivity contribution in [3.05, 3.63) is 12.2 Å². The maximum Gasteiger partial charge on any atom is 0.246 e. The van der Waals surface area contributed by atoms with Gasteiger partial charge in [-0.05, 0) is 115 Å². The summed E-state index contributed by atoms with van der Waals surface area (Å²) >= 11 is 0. The Kier molecular flexibility index (Phi) is 35.4. The van der Waals surface area contributed by atoms with Crippen LogP contribution >= 0.6 is 0 Å². The summed E-state index contributed by atoms with van der Waals surface area (Å²) in [6.45, 7) is 31.1. The van der Waals surface area contributed by atoms with Crippen LogP contribution in [0, 0.1) is 35.5 Å². The number of amides is 11. The zero-order chi connectivity index (χ0) is 71.9. The number of carbonyl (C=O) groups excluding carboxylic acids is 11. The quantitative estimate of drug-likeness (QED) is 0.0865. The third-order valence-electron chi connectivity index (χ3n) is 18.1. The maximum atomic E-state index is 15.2. The molecule has 0 aromatic rings.